The molecule has 0 aliphatic heterocycles. The maximum atomic E-state index is 5.39. The van der Waals surface area contributed by atoms with Gasteiger partial charge in [-0.2, -0.15) is 15.0 Å². The molecule has 0 amide bonds. The van der Waals surface area contributed by atoms with E-state index >= 15 is 0 Å². The number of aromatic nitrogens is 3. The first-order valence-corrected chi connectivity index (χ1v) is 6.31. The summed E-state index contributed by atoms with van der Waals surface area (Å²) in [4.78, 5) is 15.0. The number of hydrogen-bond acceptors (Lipinski definition) is 6. The molecule has 6 nitrogen and oxygen atoms in total. The molecule has 1 aromatic heterocycles. The zero-order valence-electron chi connectivity index (χ0n) is 12.4. The van der Waals surface area contributed by atoms with E-state index in [-0.39, 0.29) is 0 Å². The van der Waals surface area contributed by atoms with E-state index in [1.54, 1.807) is 14.2 Å². The predicted octanol–water partition coefficient (Wildman–Crippen LogP) is 1.96. The summed E-state index contributed by atoms with van der Waals surface area (Å²) in [6.45, 7) is 2.02. The molecule has 20 heavy (non-hydrogen) atoms. The quantitative estimate of drug-likeness (QED) is 0.918. The highest BCUT2D eigenvalue weighted by atomic mass is 16.5. The molecular weight excluding hydrogens is 254 g/mol. The second-order valence-electron chi connectivity index (χ2n) is 4.63. The Hall–Kier alpha value is -2.37. The minimum absolute atomic E-state index is 0.530. The van der Waals surface area contributed by atoms with E-state index in [1.807, 2.05) is 44.1 Å². The standard InChI is InChI=1S/C14H19N5O/c1-9-6-7-11(20-5)10(8-9)12-16-13(15-2)18-14(17-12)19(3)4/h6-8H,1-5H3,(H,15,16,17,18). The van der Waals surface area contributed by atoms with Crippen molar-refractivity contribution in [3.05, 3.63) is 23.8 Å². The van der Waals surface area contributed by atoms with Crippen LogP contribution in [0.2, 0.25) is 0 Å². The fraction of sp³-hybridized carbons (Fsp3) is 0.357. The van der Waals surface area contributed by atoms with Gasteiger partial charge in [-0.3, -0.25) is 0 Å². The zero-order chi connectivity index (χ0) is 14.7. The lowest BCUT2D eigenvalue weighted by molar-refractivity contribution is 0.416. The van der Waals surface area contributed by atoms with Gasteiger partial charge in [-0.1, -0.05) is 11.6 Å². The molecule has 0 radical (unpaired) electrons. The predicted molar refractivity (Wildman–Crippen MR) is 80.4 cm³/mol. The monoisotopic (exact) mass is 273 g/mol. The summed E-state index contributed by atoms with van der Waals surface area (Å²) in [6.07, 6.45) is 0. The molecule has 0 saturated carbocycles. The smallest absolute Gasteiger partial charge is 0.230 e. The highest BCUT2D eigenvalue weighted by Crippen LogP contribution is 2.29. The van der Waals surface area contributed by atoms with Crippen molar-refractivity contribution in [2.75, 3.05) is 38.5 Å². The van der Waals surface area contributed by atoms with Gasteiger partial charge < -0.3 is 15.0 Å². The first-order chi connectivity index (χ1) is 9.55. The molecule has 106 valence electrons. The summed E-state index contributed by atoms with van der Waals surface area (Å²) in [5, 5.41) is 2.95. The van der Waals surface area contributed by atoms with Crippen LogP contribution in [0.15, 0.2) is 18.2 Å². The van der Waals surface area contributed by atoms with Gasteiger partial charge in [0.2, 0.25) is 11.9 Å². The van der Waals surface area contributed by atoms with Crippen LogP contribution >= 0.6 is 0 Å². The highest BCUT2D eigenvalue weighted by Gasteiger charge is 2.13. The number of aryl methyl sites for hydroxylation is 1. The molecule has 2 aromatic rings. The van der Waals surface area contributed by atoms with Crippen molar-refractivity contribution in [2.45, 2.75) is 6.92 Å². The summed E-state index contributed by atoms with van der Waals surface area (Å²) in [5.74, 6) is 2.47. The van der Waals surface area contributed by atoms with Crippen molar-refractivity contribution in [3.8, 4) is 17.1 Å². The van der Waals surface area contributed by atoms with E-state index in [0.29, 0.717) is 17.7 Å². The summed E-state index contributed by atoms with van der Waals surface area (Å²) in [5.41, 5.74) is 1.98. The molecule has 0 saturated heterocycles. The van der Waals surface area contributed by atoms with E-state index in [2.05, 4.69) is 20.3 Å². The molecule has 1 N–H and O–H groups in total. The summed E-state index contributed by atoms with van der Waals surface area (Å²) >= 11 is 0. The Labute approximate surface area is 118 Å². The van der Waals surface area contributed by atoms with Crippen LogP contribution in [0.4, 0.5) is 11.9 Å². The molecule has 0 atom stereocenters. The molecule has 0 unspecified atom stereocenters. The SMILES string of the molecule is CNc1nc(-c2cc(C)ccc2OC)nc(N(C)C)n1. The van der Waals surface area contributed by atoms with E-state index in [0.717, 1.165) is 16.9 Å². The van der Waals surface area contributed by atoms with Gasteiger partial charge in [-0.25, -0.2) is 0 Å². The van der Waals surface area contributed by atoms with Crippen LogP contribution in [0.1, 0.15) is 5.56 Å². The summed E-state index contributed by atoms with van der Waals surface area (Å²) in [6, 6.07) is 5.92. The number of ether oxygens (including phenoxy) is 1. The number of hydrogen-bond donors (Lipinski definition) is 1. The second-order valence-corrected chi connectivity index (χ2v) is 4.63. The van der Waals surface area contributed by atoms with E-state index in [1.165, 1.54) is 0 Å². The van der Waals surface area contributed by atoms with Gasteiger partial charge in [0.15, 0.2) is 5.82 Å². The van der Waals surface area contributed by atoms with Gasteiger partial charge in [0.25, 0.3) is 0 Å². The molecule has 6 heteroatoms. The summed E-state index contributed by atoms with van der Waals surface area (Å²) < 4.78 is 5.39. The van der Waals surface area contributed by atoms with E-state index < -0.39 is 0 Å². The Morgan fingerprint density at radius 1 is 1.15 bits per heavy atom. The average Bonchev–Trinajstić information content (AvgIpc) is 2.46. The first-order valence-electron chi connectivity index (χ1n) is 6.31. The maximum absolute atomic E-state index is 5.39. The van der Waals surface area contributed by atoms with E-state index in [4.69, 9.17) is 4.74 Å². The minimum Gasteiger partial charge on any atom is -0.496 e. The number of nitrogens with one attached hydrogen (secondary N) is 1. The highest BCUT2D eigenvalue weighted by molar-refractivity contribution is 5.66. The molecule has 1 aromatic carbocycles. The van der Waals surface area contributed by atoms with Gasteiger partial charge in [0, 0.05) is 21.1 Å². The molecule has 1 heterocycles. The third-order valence-electron chi connectivity index (χ3n) is 2.84. The van der Waals surface area contributed by atoms with Crippen molar-refractivity contribution >= 4 is 11.9 Å². The van der Waals surface area contributed by atoms with Crippen molar-refractivity contribution < 1.29 is 4.74 Å². The molecule has 0 spiro atoms. The average molecular weight is 273 g/mol. The van der Waals surface area contributed by atoms with Gasteiger partial charge in [-0.05, 0) is 19.1 Å². The Morgan fingerprint density at radius 3 is 2.50 bits per heavy atom. The second kappa shape index (κ2) is 5.73. The Kier molecular flexibility index (Phi) is 4.02. The van der Waals surface area contributed by atoms with Crippen LogP contribution in [0.5, 0.6) is 5.75 Å². The van der Waals surface area contributed by atoms with Crippen molar-refractivity contribution in [1.82, 2.24) is 15.0 Å². The lowest BCUT2D eigenvalue weighted by Gasteiger charge is -2.14. The summed E-state index contributed by atoms with van der Waals surface area (Å²) in [7, 11) is 7.21. The molecular formula is C14H19N5O. The number of nitrogens with zero attached hydrogens (tertiary/aromatic N) is 4. The van der Waals surface area contributed by atoms with Crippen molar-refractivity contribution in [1.29, 1.82) is 0 Å². The lowest BCUT2D eigenvalue weighted by atomic mass is 10.1. The van der Waals surface area contributed by atoms with Crippen molar-refractivity contribution in [3.63, 3.8) is 0 Å². The first kappa shape index (κ1) is 14.0. The van der Waals surface area contributed by atoms with Crippen LogP contribution in [-0.2, 0) is 0 Å². The molecule has 0 bridgehead atoms. The number of methoxy groups -OCH3 is 1. The molecule has 0 fully saturated rings. The normalized spacial score (nSPS) is 10.2. The molecule has 2 rings (SSSR count). The Bertz CT molecular complexity index is 613. The number of benzene rings is 1. The minimum atomic E-state index is 0.530. The van der Waals surface area contributed by atoms with Crippen LogP contribution in [0.25, 0.3) is 11.4 Å². The zero-order valence-corrected chi connectivity index (χ0v) is 12.4. The Balaban J connectivity index is 2.62. The van der Waals surface area contributed by atoms with Crippen LogP contribution in [0, 0.1) is 6.92 Å². The van der Waals surface area contributed by atoms with Crippen LogP contribution in [0.3, 0.4) is 0 Å². The fourth-order valence-corrected chi connectivity index (χ4v) is 1.79. The number of anilines is 2. The fourth-order valence-electron chi connectivity index (χ4n) is 1.79. The molecule has 0 aliphatic carbocycles. The lowest BCUT2D eigenvalue weighted by Crippen LogP contribution is -2.15. The topological polar surface area (TPSA) is 63.2 Å². The maximum Gasteiger partial charge on any atom is 0.230 e. The van der Waals surface area contributed by atoms with Gasteiger partial charge in [-0.15, -0.1) is 0 Å². The van der Waals surface area contributed by atoms with Crippen molar-refractivity contribution in [2.24, 2.45) is 0 Å². The van der Waals surface area contributed by atoms with Gasteiger partial charge in [0.1, 0.15) is 5.75 Å². The Morgan fingerprint density at radius 2 is 1.90 bits per heavy atom. The molecule has 0 aliphatic rings. The third-order valence-corrected chi connectivity index (χ3v) is 2.84. The van der Waals surface area contributed by atoms with Gasteiger partial charge in [0.05, 0.1) is 12.7 Å². The third kappa shape index (κ3) is 2.79. The van der Waals surface area contributed by atoms with Crippen LogP contribution < -0.4 is 15.0 Å². The number of rotatable bonds is 4. The van der Waals surface area contributed by atoms with E-state index in [9.17, 15) is 0 Å². The van der Waals surface area contributed by atoms with Gasteiger partial charge >= 0.3 is 0 Å². The largest absolute Gasteiger partial charge is 0.496 e. The van der Waals surface area contributed by atoms with Crippen LogP contribution in [-0.4, -0.2) is 43.2 Å².